The average molecular weight is 369 g/mol. The average Bonchev–Trinajstić information content (AvgIpc) is 2.65. The van der Waals surface area contributed by atoms with E-state index in [2.05, 4.69) is 34.9 Å². The van der Waals surface area contributed by atoms with E-state index in [1.807, 2.05) is 0 Å². The van der Waals surface area contributed by atoms with E-state index in [0.717, 1.165) is 32.4 Å². The molecule has 2 aliphatic rings. The summed E-state index contributed by atoms with van der Waals surface area (Å²) in [6.45, 7) is 4.65. The molecule has 2 heterocycles. The number of rotatable bonds is 6. The topological polar surface area (TPSA) is 59.6 Å². The smallest absolute Gasteiger partial charge is 0.248 e. The standard InChI is InChI=1S/C19H28N2O3.ClH/c1-14(24-13-16-7-4-5-11-23-16)19(22)21-12-18-17-8-3-2-6-15(17)9-10-20-18;/h2-3,6,8,14,16,18,20H,4-5,7,9-13H2,1H3,(H,21,22);1H. The van der Waals surface area contributed by atoms with Crippen LogP contribution in [0.25, 0.3) is 0 Å². The molecule has 0 saturated carbocycles. The number of benzene rings is 1. The summed E-state index contributed by atoms with van der Waals surface area (Å²) in [5.74, 6) is -0.0596. The molecule has 1 fully saturated rings. The van der Waals surface area contributed by atoms with Crippen molar-refractivity contribution in [3.8, 4) is 0 Å². The van der Waals surface area contributed by atoms with Crippen LogP contribution in [-0.2, 0) is 20.7 Å². The maximum absolute atomic E-state index is 12.3. The summed E-state index contributed by atoms with van der Waals surface area (Å²) < 4.78 is 11.3. The van der Waals surface area contributed by atoms with Crippen LogP contribution >= 0.6 is 12.4 Å². The molecule has 1 aromatic carbocycles. The van der Waals surface area contributed by atoms with Gasteiger partial charge in [-0.25, -0.2) is 0 Å². The largest absolute Gasteiger partial charge is 0.376 e. The van der Waals surface area contributed by atoms with Gasteiger partial charge in [0.2, 0.25) is 5.91 Å². The van der Waals surface area contributed by atoms with Crippen LogP contribution in [0.5, 0.6) is 0 Å². The van der Waals surface area contributed by atoms with E-state index in [4.69, 9.17) is 9.47 Å². The van der Waals surface area contributed by atoms with Gasteiger partial charge in [0.15, 0.2) is 0 Å². The van der Waals surface area contributed by atoms with Gasteiger partial charge in [0.05, 0.1) is 12.7 Å². The lowest BCUT2D eigenvalue weighted by Gasteiger charge is -2.28. The minimum atomic E-state index is -0.450. The third kappa shape index (κ3) is 5.68. The van der Waals surface area contributed by atoms with Gasteiger partial charge in [-0.1, -0.05) is 24.3 Å². The van der Waals surface area contributed by atoms with Crippen molar-refractivity contribution in [1.29, 1.82) is 0 Å². The lowest BCUT2D eigenvalue weighted by Crippen LogP contribution is -2.42. The molecule has 140 valence electrons. The van der Waals surface area contributed by atoms with Gasteiger partial charge in [0.1, 0.15) is 6.10 Å². The molecule has 3 atom stereocenters. The van der Waals surface area contributed by atoms with Gasteiger partial charge in [0.25, 0.3) is 0 Å². The zero-order valence-electron chi connectivity index (χ0n) is 14.8. The van der Waals surface area contributed by atoms with Crippen LogP contribution in [-0.4, -0.2) is 44.4 Å². The highest BCUT2D eigenvalue weighted by Crippen LogP contribution is 2.21. The first-order valence-corrected chi connectivity index (χ1v) is 9.06. The molecule has 3 unspecified atom stereocenters. The van der Waals surface area contributed by atoms with Gasteiger partial charge in [-0.2, -0.15) is 0 Å². The van der Waals surface area contributed by atoms with E-state index in [-0.39, 0.29) is 30.5 Å². The summed E-state index contributed by atoms with van der Waals surface area (Å²) in [6, 6.07) is 8.60. The third-order valence-electron chi connectivity index (χ3n) is 4.87. The number of ether oxygens (including phenoxy) is 2. The number of hydrogen-bond acceptors (Lipinski definition) is 4. The highest BCUT2D eigenvalue weighted by Gasteiger charge is 2.22. The van der Waals surface area contributed by atoms with Crippen molar-refractivity contribution in [2.24, 2.45) is 0 Å². The van der Waals surface area contributed by atoms with Crippen LogP contribution in [0.4, 0.5) is 0 Å². The van der Waals surface area contributed by atoms with Crippen molar-refractivity contribution in [2.45, 2.75) is 50.9 Å². The summed E-state index contributed by atoms with van der Waals surface area (Å²) in [4.78, 5) is 12.3. The van der Waals surface area contributed by atoms with Gasteiger partial charge in [-0.15, -0.1) is 12.4 Å². The van der Waals surface area contributed by atoms with Crippen LogP contribution < -0.4 is 10.6 Å². The first kappa shape index (κ1) is 20.2. The van der Waals surface area contributed by atoms with E-state index < -0.39 is 6.10 Å². The van der Waals surface area contributed by atoms with Crippen LogP contribution in [0.3, 0.4) is 0 Å². The third-order valence-corrected chi connectivity index (χ3v) is 4.87. The second kappa shape index (κ2) is 10.1. The fourth-order valence-corrected chi connectivity index (χ4v) is 3.39. The number of halogens is 1. The van der Waals surface area contributed by atoms with Gasteiger partial charge >= 0.3 is 0 Å². The molecule has 1 amide bonds. The maximum Gasteiger partial charge on any atom is 0.248 e. The minimum Gasteiger partial charge on any atom is -0.376 e. The van der Waals surface area contributed by atoms with Gasteiger partial charge in [-0.05, 0) is 50.3 Å². The molecule has 1 saturated heterocycles. The molecule has 2 aliphatic heterocycles. The summed E-state index contributed by atoms with van der Waals surface area (Å²) in [5.41, 5.74) is 2.66. The predicted molar refractivity (Wildman–Crippen MR) is 100 cm³/mol. The molecule has 6 heteroatoms. The molecular weight excluding hydrogens is 340 g/mol. The Morgan fingerprint density at radius 3 is 3.04 bits per heavy atom. The Kier molecular flexibility index (Phi) is 8.16. The van der Waals surface area contributed by atoms with Crippen molar-refractivity contribution in [2.75, 3.05) is 26.3 Å². The summed E-state index contributed by atoms with van der Waals surface area (Å²) in [7, 11) is 0. The highest BCUT2D eigenvalue weighted by atomic mass is 35.5. The van der Waals surface area contributed by atoms with Crippen molar-refractivity contribution >= 4 is 18.3 Å². The second-order valence-corrected chi connectivity index (χ2v) is 6.66. The number of nitrogens with one attached hydrogen (secondary N) is 2. The summed E-state index contributed by atoms with van der Waals surface area (Å²) in [5, 5.41) is 6.49. The summed E-state index contributed by atoms with van der Waals surface area (Å²) in [6.07, 6.45) is 4.07. The first-order valence-electron chi connectivity index (χ1n) is 9.06. The van der Waals surface area contributed by atoms with Crippen LogP contribution in [0.15, 0.2) is 24.3 Å². The fraction of sp³-hybridized carbons (Fsp3) is 0.632. The Hall–Kier alpha value is -1.14. The Bertz CT molecular complexity index is 549. The quantitative estimate of drug-likeness (QED) is 0.809. The number of fused-ring (bicyclic) bond motifs is 1. The number of amides is 1. The molecule has 1 aromatic rings. The lowest BCUT2D eigenvalue weighted by molar-refractivity contribution is -0.135. The Labute approximate surface area is 156 Å². The van der Waals surface area contributed by atoms with Gasteiger partial charge in [0, 0.05) is 19.2 Å². The van der Waals surface area contributed by atoms with E-state index >= 15 is 0 Å². The number of hydrogen-bond donors (Lipinski definition) is 2. The molecule has 0 radical (unpaired) electrons. The molecule has 0 bridgehead atoms. The molecule has 2 N–H and O–H groups in total. The number of carbonyl (C=O) groups is 1. The van der Waals surface area contributed by atoms with Gasteiger partial charge in [-0.3, -0.25) is 4.79 Å². The lowest BCUT2D eigenvalue weighted by atomic mass is 9.94. The Morgan fingerprint density at radius 2 is 2.24 bits per heavy atom. The van der Waals surface area contributed by atoms with E-state index in [9.17, 15) is 4.79 Å². The molecule has 5 nitrogen and oxygen atoms in total. The maximum atomic E-state index is 12.3. The van der Waals surface area contributed by atoms with Crippen LogP contribution in [0.2, 0.25) is 0 Å². The van der Waals surface area contributed by atoms with Gasteiger partial charge < -0.3 is 20.1 Å². The Morgan fingerprint density at radius 1 is 1.40 bits per heavy atom. The second-order valence-electron chi connectivity index (χ2n) is 6.66. The van der Waals surface area contributed by atoms with Crippen molar-refractivity contribution in [3.63, 3.8) is 0 Å². The molecule has 0 aliphatic carbocycles. The first-order chi connectivity index (χ1) is 11.7. The SMILES string of the molecule is CC(OCC1CCCCO1)C(=O)NCC1NCCc2ccccc21.Cl. The van der Waals surface area contributed by atoms with Crippen molar-refractivity contribution < 1.29 is 14.3 Å². The predicted octanol–water partition coefficient (Wildman–Crippen LogP) is 2.39. The summed E-state index contributed by atoms with van der Waals surface area (Å²) >= 11 is 0. The molecular formula is C19H29ClN2O3. The Balaban J connectivity index is 0.00000225. The van der Waals surface area contributed by atoms with Crippen molar-refractivity contribution in [3.05, 3.63) is 35.4 Å². The molecule has 25 heavy (non-hydrogen) atoms. The van der Waals surface area contributed by atoms with E-state index in [0.29, 0.717) is 13.2 Å². The van der Waals surface area contributed by atoms with Crippen molar-refractivity contribution in [1.82, 2.24) is 10.6 Å². The monoisotopic (exact) mass is 368 g/mol. The number of carbonyl (C=O) groups excluding carboxylic acids is 1. The highest BCUT2D eigenvalue weighted by molar-refractivity contribution is 5.85. The molecule has 0 aromatic heterocycles. The normalized spacial score (nSPS) is 23.9. The van der Waals surface area contributed by atoms with E-state index in [1.165, 1.54) is 17.5 Å². The van der Waals surface area contributed by atoms with Crippen LogP contribution in [0, 0.1) is 0 Å². The molecule has 3 rings (SSSR count). The molecule has 0 spiro atoms. The van der Waals surface area contributed by atoms with E-state index in [1.54, 1.807) is 6.92 Å². The minimum absolute atomic E-state index is 0. The fourth-order valence-electron chi connectivity index (χ4n) is 3.39. The van der Waals surface area contributed by atoms with Crippen LogP contribution in [0.1, 0.15) is 43.4 Å². The zero-order valence-corrected chi connectivity index (χ0v) is 15.6. The zero-order chi connectivity index (χ0) is 16.8.